The number of rotatable bonds is 5. The Kier molecular flexibility index (Phi) is 5.58. The maximum Gasteiger partial charge on any atom is 0.273 e. The molecule has 2 aromatic heterocycles. The molecule has 4 aromatic rings. The summed E-state index contributed by atoms with van der Waals surface area (Å²) in [5.74, 6) is 2.11. The number of ether oxygens (including phenoxy) is 1. The fourth-order valence-electron chi connectivity index (χ4n) is 4.31. The summed E-state index contributed by atoms with van der Waals surface area (Å²) in [6.07, 6.45) is 5.22. The fraction of sp³-hybridized carbons (Fsp3) is 0.269. The molecule has 1 atom stereocenters. The van der Waals surface area contributed by atoms with Crippen LogP contribution in [0.2, 0.25) is 0 Å². The SMILES string of the molecule is COc1cccc(Cc2cnc(C3CCCCN3C(=O)c3ccc4ccccc4n3)o2)c1. The van der Waals surface area contributed by atoms with Crippen LogP contribution < -0.4 is 4.74 Å². The average Bonchev–Trinajstić information content (AvgIpc) is 3.31. The lowest BCUT2D eigenvalue weighted by molar-refractivity contribution is 0.0564. The molecule has 0 radical (unpaired) electrons. The highest BCUT2D eigenvalue weighted by molar-refractivity contribution is 5.95. The Morgan fingerprint density at radius 1 is 1.12 bits per heavy atom. The van der Waals surface area contributed by atoms with Crippen molar-refractivity contribution >= 4 is 16.8 Å². The molecular formula is C26H25N3O3. The first-order valence-corrected chi connectivity index (χ1v) is 11.0. The summed E-state index contributed by atoms with van der Waals surface area (Å²) in [5, 5.41) is 1.02. The zero-order valence-electron chi connectivity index (χ0n) is 18.0. The molecule has 2 aromatic carbocycles. The molecule has 6 heteroatoms. The van der Waals surface area contributed by atoms with E-state index in [9.17, 15) is 4.79 Å². The predicted octanol–water partition coefficient (Wildman–Crippen LogP) is 5.19. The van der Waals surface area contributed by atoms with Crippen molar-refractivity contribution in [1.82, 2.24) is 14.9 Å². The zero-order chi connectivity index (χ0) is 21.9. The topological polar surface area (TPSA) is 68.5 Å². The first kappa shape index (κ1) is 20.2. The Hall–Kier alpha value is -3.67. The van der Waals surface area contributed by atoms with Crippen LogP contribution in [0.15, 0.2) is 71.3 Å². The number of hydrogen-bond donors (Lipinski definition) is 0. The van der Waals surface area contributed by atoms with Crippen molar-refractivity contribution in [2.45, 2.75) is 31.7 Å². The molecule has 0 N–H and O–H groups in total. The largest absolute Gasteiger partial charge is 0.497 e. The van der Waals surface area contributed by atoms with Gasteiger partial charge in [-0.2, -0.15) is 0 Å². The van der Waals surface area contributed by atoms with Crippen molar-refractivity contribution in [3.63, 3.8) is 0 Å². The van der Waals surface area contributed by atoms with Crippen molar-refractivity contribution in [2.75, 3.05) is 13.7 Å². The molecule has 0 spiro atoms. The van der Waals surface area contributed by atoms with Crippen molar-refractivity contribution in [3.8, 4) is 5.75 Å². The number of piperidine rings is 1. The van der Waals surface area contributed by atoms with Crippen LogP contribution in [-0.4, -0.2) is 34.4 Å². The minimum atomic E-state index is -0.177. The molecular weight excluding hydrogens is 402 g/mol. The lowest BCUT2D eigenvalue weighted by atomic mass is 10.0. The van der Waals surface area contributed by atoms with Crippen molar-refractivity contribution < 1.29 is 13.9 Å². The van der Waals surface area contributed by atoms with E-state index in [0.717, 1.165) is 47.2 Å². The number of oxazole rings is 1. The summed E-state index contributed by atoms with van der Waals surface area (Å²) >= 11 is 0. The maximum atomic E-state index is 13.4. The number of pyridine rings is 1. The molecule has 32 heavy (non-hydrogen) atoms. The number of aromatic nitrogens is 2. The van der Waals surface area contributed by atoms with E-state index in [-0.39, 0.29) is 11.9 Å². The molecule has 1 saturated heterocycles. The van der Waals surface area contributed by atoms with Crippen LogP contribution in [0.4, 0.5) is 0 Å². The number of methoxy groups -OCH3 is 1. The Morgan fingerprint density at radius 3 is 2.94 bits per heavy atom. The highest BCUT2D eigenvalue weighted by Crippen LogP contribution is 2.32. The molecule has 3 heterocycles. The van der Waals surface area contributed by atoms with Gasteiger partial charge < -0.3 is 14.1 Å². The minimum Gasteiger partial charge on any atom is -0.497 e. The molecule has 6 nitrogen and oxygen atoms in total. The molecule has 162 valence electrons. The smallest absolute Gasteiger partial charge is 0.273 e. The van der Waals surface area contributed by atoms with E-state index < -0.39 is 0 Å². The van der Waals surface area contributed by atoms with Gasteiger partial charge in [-0.25, -0.2) is 9.97 Å². The number of carbonyl (C=O) groups excluding carboxylic acids is 1. The third-order valence-corrected chi connectivity index (χ3v) is 5.95. The van der Waals surface area contributed by atoms with Gasteiger partial charge in [-0.1, -0.05) is 36.4 Å². The first-order chi connectivity index (χ1) is 15.7. The van der Waals surface area contributed by atoms with Gasteiger partial charge in [-0.05, 0) is 49.1 Å². The quantitative estimate of drug-likeness (QED) is 0.438. The van der Waals surface area contributed by atoms with Gasteiger partial charge in [-0.15, -0.1) is 0 Å². The second-order valence-corrected chi connectivity index (χ2v) is 8.09. The number of amides is 1. The third-order valence-electron chi connectivity index (χ3n) is 5.95. The van der Waals surface area contributed by atoms with Crippen LogP contribution in [0.3, 0.4) is 0 Å². The monoisotopic (exact) mass is 427 g/mol. The van der Waals surface area contributed by atoms with E-state index in [4.69, 9.17) is 9.15 Å². The molecule has 0 aliphatic carbocycles. The lowest BCUT2D eigenvalue weighted by Crippen LogP contribution is -2.39. The van der Waals surface area contributed by atoms with E-state index in [1.54, 1.807) is 19.4 Å². The average molecular weight is 428 g/mol. The standard InChI is InChI=1S/C26H25N3O3/c1-31-20-9-6-7-18(15-20)16-21-17-27-25(32-21)24-11-4-5-14-29(24)26(30)23-13-12-19-8-2-3-10-22(19)28-23/h2-3,6-10,12-13,15,17,24H,4-5,11,14,16H2,1H3. The van der Waals surface area contributed by atoms with Gasteiger partial charge >= 0.3 is 0 Å². The van der Waals surface area contributed by atoms with Crippen molar-refractivity contribution in [3.05, 3.63) is 89.8 Å². The molecule has 1 amide bonds. The Bertz CT molecular complexity index is 1250. The van der Waals surface area contributed by atoms with Crippen molar-refractivity contribution in [1.29, 1.82) is 0 Å². The summed E-state index contributed by atoms with van der Waals surface area (Å²) in [7, 11) is 1.66. The summed E-state index contributed by atoms with van der Waals surface area (Å²) in [6, 6.07) is 19.3. The summed E-state index contributed by atoms with van der Waals surface area (Å²) in [4.78, 5) is 24.4. The van der Waals surface area contributed by atoms with Crippen LogP contribution in [-0.2, 0) is 6.42 Å². The van der Waals surface area contributed by atoms with E-state index >= 15 is 0 Å². The highest BCUT2D eigenvalue weighted by atomic mass is 16.5. The molecule has 0 saturated carbocycles. The van der Waals surface area contributed by atoms with E-state index in [1.807, 2.05) is 59.5 Å². The maximum absolute atomic E-state index is 13.4. The summed E-state index contributed by atoms with van der Waals surface area (Å²) < 4.78 is 11.4. The number of nitrogens with zero attached hydrogens (tertiary/aromatic N) is 3. The number of para-hydroxylation sites is 1. The van der Waals surface area contributed by atoms with Gasteiger partial charge in [0.05, 0.1) is 18.8 Å². The first-order valence-electron chi connectivity index (χ1n) is 11.0. The predicted molar refractivity (Wildman–Crippen MR) is 122 cm³/mol. The number of hydrogen-bond acceptors (Lipinski definition) is 5. The van der Waals surface area contributed by atoms with Crippen LogP contribution in [0.1, 0.15) is 53.0 Å². The van der Waals surface area contributed by atoms with Crippen LogP contribution in [0, 0.1) is 0 Å². The highest BCUT2D eigenvalue weighted by Gasteiger charge is 2.32. The third kappa shape index (κ3) is 4.08. The normalized spacial score (nSPS) is 16.3. The van der Waals surface area contributed by atoms with Gasteiger partial charge in [0.2, 0.25) is 5.89 Å². The van der Waals surface area contributed by atoms with Crippen molar-refractivity contribution in [2.24, 2.45) is 0 Å². The van der Waals surface area contributed by atoms with E-state index in [1.165, 1.54) is 0 Å². The number of fused-ring (bicyclic) bond motifs is 1. The van der Waals surface area contributed by atoms with Gasteiger partial charge in [0.1, 0.15) is 23.2 Å². The molecule has 1 aliphatic rings. The number of benzene rings is 2. The van der Waals surface area contributed by atoms with Crippen LogP contribution in [0.5, 0.6) is 5.75 Å². The molecule has 1 unspecified atom stereocenters. The fourth-order valence-corrected chi connectivity index (χ4v) is 4.31. The molecule has 0 bridgehead atoms. The Balaban J connectivity index is 1.37. The number of likely N-dealkylation sites (tertiary alicyclic amines) is 1. The summed E-state index contributed by atoms with van der Waals surface area (Å²) in [6.45, 7) is 0.672. The van der Waals surface area contributed by atoms with Crippen LogP contribution >= 0.6 is 0 Å². The molecule has 5 rings (SSSR count). The van der Waals surface area contributed by atoms with Gasteiger partial charge in [-0.3, -0.25) is 4.79 Å². The van der Waals surface area contributed by atoms with Crippen LogP contribution in [0.25, 0.3) is 10.9 Å². The van der Waals surface area contributed by atoms with Gasteiger partial charge in [0.15, 0.2) is 0 Å². The molecule has 1 fully saturated rings. The number of carbonyl (C=O) groups is 1. The van der Waals surface area contributed by atoms with E-state index in [2.05, 4.69) is 9.97 Å². The minimum absolute atomic E-state index is 0.0759. The lowest BCUT2D eigenvalue weighted by Gasteiger charge is -2.33. The van der Waals surface area contributed by atoms with Gasteiger partial charge in [0.25, 0.3) is 5.91 Å². The second-order valence-electron chi connectivity index (χ2n) is 8.09. The second kappa shape index (κ2) is 8.83. The Morgan fingerprint density at radius 2 is 2.03 bits per heavy atom. The molecule has 1 aliphatic heterocycles. The van der Waals surface area contributed by atoms with Gasteiger partial charge in [0, 0.05) is 18.4 Å². The Labute approximate surface area is 186 Å². The van der Waals surface area contributed by atoms with E-state index in [0.29, 0.717) is 24.6 Å². The zero-order valence-corrected chi connectivity index (χ0v) is 18.0. The summed E-state index contributed by atoms with van der Waals surface area (Å²) in [5.41, 5.74) is 2.37.